The van der Waals surface area contributed by atoms with Crippen molar-refractivity contribution in [2.24, 2.45) is 11.8 Å². The Labute approximate surface area is 153 Å². The molecule has 1 saturated heterocycles. The second kappa shape index (κ2) is 8.64. The predicted octanol–water partition coefficient (Wildman–Crippen LogP) is 1.54. The molecule has 0 aromatic heterocycles. The van der Waals surface area contributed by atoms with Crippen LogP contribution in [0.4, 0.5) is 0 Å². The van der Waals surface area contributed by atoms with Crippen molar-refractivity contribution in [1.82, 2.24) is 10.2 Å². The quantitative estimate of drug-likeness (QED) is 0.454. The summed E-state index contributed by atoms with van der Waals surface area (Å²) in [5, 5.41) is 2.90. The van der Waals surface area contributed by atoms with Gasteiger partial charge in [0.1, 0.15) is 6.54 Å². The molecule has 2 aliphatic carbocycles. The van der Waals surface area contributed by atoms with Gasteiger partial charge in [0.05, 0.1) is 11.8 Å². The Balaban J connectivity index is 1.43. The second-order valence-corrected chi connectivity index (χ2v) is 7.68. The molecule has 0 spiro atoms. The fourth-order valence-corrected chi connectivity index (χ4v) is 4.40. The number of hydrogen-bond donors (Lipinski definition) is 1. The van der Waals surface area contributed by atoms with Crippen LogP contribution in [-0.4, -0.2) is 47.8 Å². The average molecular weight is 364 g/mol. The van der Waals surface area contributed by atoms with Crippen LogP contribution in [0.3, 0.4) is 0 Å². The van der Waals surface area contributed by atoms with E-state index in [-0.39, 0.29) is 48.8 Å². The third kappa shape index (κ3) is 4.43. The molecule has 1 N–H and O–H groups in total. The van der Waals surface area contributed by atoms with Gasteiger partial charge in [0, 0.05) is 6.04 Å². The van der Waals surface area contributed by atoms with Crippen LogP contribution >= 0.6 is 0 Å². The molecule has 0 unspecified atom stereocenters. The van der Waals surface area contributed by atoms with Gasteiger partial charge in [0.25, 0.3) is 5.91 Å². The van der Waals surface area contributed by atoms with Gasteiger partial charge < -0.3 is 10.1 Å². The van der Waals surface area contributed by atoms with Crippen LogP contribution in [0.5, 0.6) is 0 Å². The molecule has 3 rings (SSSR count). The molecule has 1 aliphatic heterocycles. The molecule has 0 aromatic rings. The number of ether oxygens (including phenoxy) is 1. The fraction of sp³-hybridized carbons (Fsp3) is 0.789. The van der Waals surface area contributed by atoms with Gasteiger partial charge in [-0.15, -0.1) is 0 Å². The Kier molecular flexibility index (Phi) is 6.27. The summed E-state index contributed by atoms with van der Waals surface area (Å²) in [7, 11) is 0. The zero-order valence-electron chi connectivity index (χ0n) is 15.2. The molecule has 2 atom stereocenters. The minimum atomic E-state index is -0.707. The molecule has 26 heavy (non-hydrogen) atoms. The number of carbonyl (C=O) groups excluding carboxylic acids is 4. The summed E-state index contributed by atoms with van der Waals surface area (Å²) in [5.41, 5.74) is 0. The summed E-state index contributed by atoms with van der Waals surface area (Å²) in [6.07, 6.45) is 9.83. The third-order valence-electron chi connectivity index (χ3n) is 5.80. The van der Waals surface area contributed by atoms with Crippen LogP contribution in [0.1, 0.15) is 64.2 Å². The highest BCUT2D eigenvalue weighted by atomic mass is 16.5. The van der Waals surface area contributed by atoms with Crippen LogP contribution in [-0.2, 0) is 23.9 Å². The van der Waals surface area contributed by atoms with Crippen LogP contribution in [0, 0.1) is 11.8 Å². The summed E-state index contributed by atoms with van der Waals surface area (Å²) in [6.45, 7) is -0.750. The largest absolute Gasteiger partial charge is 0.454 e. The molecule has 2 saturated carbocycles. The van der Waals surface area contributed by atoms with Gasteiger partial charge in [-0.05, 0) is 25.7 Å². The summed E-state index contributed by atoms with van der Waals surface area (Å²) in [6, 6.07) is 0.147. The molecule has 7 heteroatoms. The van der Waals surface area contributed by atoms with Crippen molar-refractivity contribution in [2.45, 2.75) is 70.3 Å². The van der Waals surface area contributed by atoms with E-state index in [0.717, 1.165) is 43.4 Å². The highest BCUT2D eigenvalue weighted by Crippen LogP contribution is 2.37. The van der Waals surface area contributed by atoms with E-state index in [9.17, 15) is 19.2 Å². The molecule has 3 aliphatic rings. The zero-order chi connectivity index (χ0) is 18.5. The summed E-state index contributed by atoms with van der Waals surface area (Å²) in [4.78, 5) is 49.7. The number of nitrogens with one attached hydrogen (secondary N) is 1. The highest BCUT2D eigenvalue weighted by Gasteiger charge is 2.48. The minimum absolute atomic E-state index is 0.147. The molecule has 0 radical (unpaired) electrons. The third-order valence-corrected chi connectivity index (χ3v) is 5.80. The Morgan fingerprint density at radius 2 is 1.42 bits per heavy atom. The lowest BCUT2D eigenvalue weighted by molar-refractivity contribution is -0.155. The van der Waals surface area contributed by atoms with E-state index >= 15 is 0 Å². The van der Waals surface area contributed by atoms with Gasteiger partial charge in [-0.25, -0.2) is 0 Å². The molecular formula is C19H28N2O5. The smallest absolute Gasteiger partial charge is 0.326 e. The van der Waals surface area contributed by atoms with Crippen molar-refractivity contribution in [1.29, 1.82) is 0 Å². The van der Waals surface area contributed by atoms with Gasteiger partial charge in [-0.2, -0.15) is 0 Å². The van der Waals surface area contributed by atoms with Gasteiger partial charge in [0.2, 0.25) is 11.8 Å². The van der Waals surface area contributed by atoms with Crippen molar-refractivity contribution < 1.29 is 23.9 Å². The van der Waals surface area contributed by atoms with E-state index in [2.05, 4.69) is 5.32 Å². The molecule has 3 fully saturated rings. The number of amides is 3. The van der Waals surface area contributed by atoms with Crippen molar-refractivity contribution >= 4 is 23.7 Å². The van der Waals surface area contributed by atoms with E-state index in [0.29, 0.717) is 12.8 Å². The predicted molar refractivity (Wildman–Crippen MR) is 92.8 cm³/mol. The SMILES string of the molecule is O=C(COC(=O)CN1C(=O)[C@H]2CCCC[C@H]2C1=O)NC1CCCCCC1. The van der Waals surface area contributed by atoms with Gasteiger partial charge in [-0.3, -0.25) is 24.1 Å². The lowest BCUT2D eigenvalue weighted by Gasteiger charge is -2.19. The normalized spacial score (nSPS) is 27.0. The number of nitrogens with zero attached hydrogens (tertiary/aromatic N) is 1. The van der Waals surface area contributed by atoms with Gasteiger partial charge >= 0.3 is 5.97 Å². The lowest BCUT2D eigenvalue weighted by Crippen LogP contribution is -2.40. The number of hydrogen-bond acceptors (Lipinski definition) is 5. The molecule has 0 bridgehead atoms. The van der Waals surface area contributed by atoms with Crippen LogP contribution < -0.4 is 5.32 Å². The maximum atomic E-state index is 12.3. The number of likely N-dealkylation sites (tertiary alicyclic amines) is 1. The number of esters is 1. The number of imide groups is 1. The molecular weight excluding hydrogens is 336 g/mol. The minimum Gasteiger partial charge on any atom is -0.454 e. The van der Waals surface area contributed by atoms with Crippen molar-refractivity contribution in [3.8, 4) is 0 Å². The topological polar surface area (TPSA) is 92.8 Å². The van der Waals surface area contributed by atoms with E-state index < -0.39 is 5.97 Å². The molecule has 3 amide bonds. The maximum Gasteiger partial charge on any atom is 0.326 e. The fourth-order valence-electron chi connectivity index (χ4n) is 4.40. The molecule has 0 aromatic carbocycles. The summed E-state index contributed by atoms with van der Waals surface area (Å²) < 4.78 is 4.99. The zero-order valence-corrected chi connectivity index (χ0v) is 15.2. The first kappa shape index (κ1) is 18.9. The van der Waals surface area contributed by atoms with Gasteiger partial charge in [-0.1, -0.05) is 38.5 Å². The maximum absolute atomic E-state index is 12.3. The molecule has 144 valence electrons. The Bertz CT molecular complexity index is 544. The van der Waals surface area contributed by atoms with Crippen LogP contribution in [0.15, 0.2) is 0 Å². The summed E-state index contributed by atoms with van der Waals surface area (Å²) >= 11 is 0. The summed E-state index contributed by atoms with van der Waals surface area (Å²) in [5.74, 6) is -2.11. The average Bonchev–Trinajstić information content (AvgIpc) is 2.82. The number of fused-ring (bicyclic) bond motifs is 1. The second-order valence-electron chi connectivity index (χ2n) is 7.68. The Morgan fingerprint density at radius 1 is 0.885 bits per heavy atom. The Morgan fingerprint density at radius 3 is 2.00 bits per heavy atom. The lowest BCUT2D eigenvalue weighted by atomic mass is 9.81. The highest BCUT2D eigenvalue weighted by molar-refractivity contribution is 6.07. The first-order valence-corrected chi connectivity index (χ1v) is 9.86. The first-order valence-electron chi connectivity index (χ1n) is 9.86. The van der Waals surface area contributed by atoms with E-state index in [4.69, 9.17) is 4.74 Å². The monoisotopic (exact) mass is 364 g/mol. The van der Waals surface area contributed by atoms with E-state index in [1.807, 2.05) is 0 Å². The van der Waals surface area contributed by atoms with Crippen LogP contribution in [0.25, 0.3) is 0 Å². The van der Waals surface area contributed by atoms with E-state index in [1.54, 1.807) is 0 Å². The van der Waals surface area contributed by atoms with Crippen LogP contribution in [0.2, 0.25) is 0 Å². The Hall–Kier alpha value is -1.92. The molecule has 1 heterocycles. The van der Waals surface area contributed by atoms with E-state index in [1.165, 1.54) is 12.8 Å². The number of carbonyl (C=O) groups is 4. The first-order chi connectivity index (χ1) is 12.6. The van der Waals surface area contributed by atoms with Gasteiger partial charge in [0.15, 0.2) is 6.61 Å². The van der Waals surface area contributed by atoms with Crippen molar-refractivity contribution in [3.05, 3.63) is 0 Å². The number of rotatable bonds is 5. The van der Waals surface area contributed by atoms with Crippen molar-refractivity contribution in [3.63, 3.8) is 0 Å². The molecule has 7 nitrogen and oxygen atoms in total. The van der Waals surface area contributed by atoms with Crippen molar-refractivity contribution in [2.75, 3.05) is 13.2 Å². The standard InChI is InChI=1S/C19H28N2O5/c22-16(20-13-7-3-1-2-4-8-13)12-26-17(23)11-21-18(24)14-9-5-6-10-15(14)19(21)25/h13-15H,1-12H2,(H,20,22)/t14-,15+.